The van der Waals surface area contributed by atoms with Crippen molar-refractivity contribution in [3.8, 4) is 5.88 Å². The lowest BCUT2D eigenvalue weighted by Gasteiger charge is -2.22. The molecule has 2 aromatic rings. The zero-order valence-electron chi connectivity index (χ0n) is 14.8. The zero-order chi connectivity index (χ0) is 19.6. The summed E-state index contributed by atoms with van der Waals surface area (Å²) in [5.41, 5.74) is 0.791. The molecule has 4 rings (SSSR count). The van der Waals surface area contributed by atoms with Crippen LogP contribution in [-0.4, -0.2) is 64.6 Å². The number of nitrogens with zero attached hydrogens (tertiary/aromatic N) is 5. The maximum atomic E-state index is 10.4. The van der Waals surface area contributed by atoms with E-state index >= 15 is 0 Å². The molecule has 27 heavy (non-hydrogen) atoms. The van der Waals surface area contributed by atoms with Gasteiger partial charge in [0.05, 0.1) is 12.1 Å². The van der Waals surface area contributed by atoms with Gasteiger partial charge >= 0.3 is 0 Å². The monoisotopic (exact) mass is 437 g/mol. The van der Waals surface area contributed by atoms with Crippen molar-refractivity contribution in [2.75, 3.05) is 6.61 Å². The van der Waals surface area contributed by atoms with Gasteiger partial charge in [-0.3, -0.25) is 0 Å². The Kier molecular flexibility index (Phi) is 4.68. The van der Waals surface area contributed by atoms with Crippen LogP contribution in [0.1, 0.15) is 32.1 Å². The van der Waals surface area contributed by atoms with Gasteiger partial charge in [0.15, 0.2) is 17.0 Å². The number of hydrogen-bond donors (Lipinski definition) is 1. The molecule has 0 spiro atoms. The van der Waals surface area contributed by atoms with Crippen molar-refractivity contribution in [2.24, 2.45) is 0 Å². The number of halogens is 3. The lowest BCUT2D eigenvalue weighted by Crippen LogP contribution is -2.29. The molecule has 2 fully saturated rings. The third-order valence-corrected chi connectivity index (χ3v) is 4.82. The number of aromatic nitrogens is 5. The summed E-state index contributed by atoms with van der Waals surface area (Å²) >= 11 is 17.2. The smallest absolute Gasteiger partial charge is 0.247 e. The Balaban J connectivity index is 1.70. The van der Waals surface area contributed by atoms with E-state index in [-0.39, 0.29) is 24.6 Å². The highest BCUT2D eigenvalue weighted by Gasteiger charge is 2.55. The molecule has 0 unspecified atom stereocenters. The highest BCUT2D eigenvalue weighted by molar-refractivity contribution is 6.67. The van der Waals surface area contributed by atoms with Crippen molar-refractivity contribution in [1.82, 2.24) is 25.0 Å². The third kappa shape index (κ3) is 3.68. The first-order valence-corrected chi connectivity index (χ1v) is 9.50. The molecular weight excluding hydrogens is 421 g/mol. The quantitative estimate of drug-likeness (QED) is 0.727. The number of hydrogen-bond acceptors (Lipinski definition) is 8. The first-order valence-electron chi connectivity index (χ1n) is 8.37. The number of ether oxygens (including phenoxy) is 3. The van der Waals surface area contributed by atoms with Crippen LogP contribution in [0, 0.1) is 6.92 Å². The van der Waals surface area contributed by atoms with E-state index in [2.05, 4.69) is 20.3 Å². The van der Waals surface area contributed by atoms with Crippen LogP contribution in [-0.2, 0) is 9.47 Å². The fraction of sp³-hybridized carbons (Fsp3) is 0.733. The molecule has 0 radical (unpaired) electrons. The number of aliphatic hydroxyl groups excluding tert-OH is 1. The van der Waals surface area contributed by atoms with E-state index in [1.807, 2.05) is 13.8 Å². The van der Waals surface area contributed by atoms with Gasteiger partial charge in [-0.1, -0.05) is 40.0 Å². The molecule has 148 valence electrons. The normalized spacial score (nSPS) is 30.0. The predicted molar refractivity (Wildman–Crippen MR) is 97.1 cm³/mol. The molecular formula is C15H18Cl3N5O4. The van der Waals surface area contributed by atoms with Crippen LogP contribution in [0.25, 0.3) is 11.2 Å². The van der Waals surface area contributed by atoms with Gasteiger partial charge in [-0.2, -0.15) is 4.98 Å². The first kappa shape index (κ1) is 19.4. The molecule has 0 amide bonds. The molecule has 3 heterocycles. The van der Waals surface area contributed by atoms with Crippen LogP contribution in [0.4, 0.5) is 0 Å². The number of alkyl halides is 3. The minimum Gasteiger partial charge on any atom is -0.471 e. The lowest BCUT2D eigenvalue weighted by molar-refractivity contribution is -0.165. The molecule has 1 saturated heterocycles. The molecule has 12 heteroatoms. The van der Waals surface area contributed by atoms with Crippen LogP contribution < -0.4 is 4.74 Å². The Morgan fingerprint density at radius 1 is 1.26 bits per heavy atom. The summed E-state index contributed by atoms with van der Waals surface area (Å²) in [5.74, 6) is -0.159. The molecule has 0 aromatic carbocycles. The summed E-state index contributed by atoms with van der Waals surface area (Å²) in [7, 11) is 0. The second-order valence-electron chi connectivity index (χ2n) is 7.12. The van der Waals surface area contributed by atoms with Crippen LogP contribution in [0.2, 0.25) is 0 Å². The molecule has 1 saturated carbocycles. The maximum absolute atomic E-state index is 10.4. The summed E-state index contributed by atoms with van der Waals surface area (Å²) < 4.78 is 17.3. The van der Waals surface area contributed by atoms with E-state index in [9.17, 15) is 5.11 Å². The van der Waals surface area contributed by atoms with E-state index in [0.717, 1.165) is 0 Å². The van der Waals surface area contributed by atoms with Crippen LogP contribution >= 0.6 is 34.8 Å². The van der Waals surface area contributed by atoms with Crippen LogP contribution in [0.15, 0.2) is 0 Å². The highest BCUT2D eigenvalue weighted by Crippen LogP contribution is 2.44. The summed E-state index contributed by atoms with van der Waals surface area (Å²) in [6, 6.07) is -0.299. The number of rotatable bonds is 3. The largest absolute Gasteiger partial charge is 0.471 e. The van der Waals surface area contributed by atoms with Gasteiger partial charge in [-0.05, 0) is 20.8 Å². The molecule has 1 aliphatic heterocycles. The number of aliphatic hydroxyl groups is 1. The van der Waals surface area contributed by atoms with Crippen molar-refractivity contribution >= 4 is 46.0 Å². The molecule has 4 atom stereocenters. The summed E-state index contributed by atoms with van der Waals surface area (Å²) in [6.45, 7) is 5.13. The van der Waals surface area contributed by atoms with E-state index in [0.29, 0.717) is 23.4 Å². The molecule has 0 bridgehead atoms. The van der Waals surface area contributed by atoms with Crippen LogP contribution in [0.3, 0.4) is 0 Å². The summed E-state index contributed by atoms with van der Waals surface area (Å²) in [6.07, 6.45) is -1.09. The van der Waals surface area contributed by atoms with E-state index in [1.165, 1.54) is 0 Å². The fourth-order valence-electron chi connectivity index (χ4n) is 3.55. The average molecular weight is 439 g/mol. The Morgan fingerprint density at radius 2 is 1.96 bits per heavy atom. The first-order chi connectivity index (χ1) is 12.5. The van der Waals surface area contributed by atoms with E-state index in [4.69, 9.17) is 49.0 Å². The van der Waals surface area contributed by atoms with Gasteiger partial charge in [0.1, 0.15) is 24.6 Å². The van der Waals surface area contributed by atoms with Crippen molar-refractivity contribution in [3.63, 3.8) is 0 Å². The zero-order valence-corrected chi connectivity index (χ0v) is 17.0. The van der Waals surface area contributed by atoms with Gasteiger partial charge in [0, 0.05) is 6.42 Å². The standard InChI is InChI=1S/C15H18Cl3N5O4/c1-6-19-12-9(13(20-6)25-5-15(16,17)18)21-22-23(12)7-4-8(24)11-10(7)26-14(2,3)27-11/h7-8,10-11,24H,4-5H2,1-3H3/t7-,8+,10+,11-/m1/s1. The third-order valence-electron chi connectivity index (χ3n) is 4.50. The SMILES string of the molecule is Cc1nc(OCC(Cl)(Cl)Cl)c2nnn([C@@H]3C[C@H](O)[C@H]4OC(C)(C)O[C@H]43)c2n1. The van der Waals surface area contributed by atoms with Crippen molar-refractivity contribution in [2.45, 2.75) is 61.1 Å². The Bertz CT molecular complexity index is 871. The van der Waals surface area contributed by atoms with Crippen molar-refractivity contribution < 1.29 is 19.3 Å². The molecule has 2 aliphatic rings. The molecule has 2 aromatic heterocycles. The second-order valence-corrected chi connectivity index (χ2v) is 9.64. The van der Waals surface area contributed by atoms with Gasteiger partial charge in [-0.25, -0.2) is 9.67 Å². The molecule has 9 nitrogen and oxygen atoms in total. The Hall–Kier alpha value is -0.970. The lowest BCUT2D eigenvalue weighted by atomic mass is 10.2. The van der Waals surface area contributed by atoms with Gasteiger partial charge in [0.2, 0.25) is 9.67 Å². The van der Waals surface area contributed by atoms with Gasteiger partial charge in [-0.15, -0.1) is 5.10 Å². The minimum atomic E-state index is -1.59. The highest BCUT2D eigenvalue weighted by atomic mass is 35.6. The Morgan fingerprint density at radius 3 is 2.67 bits per heavy atom. The van der Waals surface area contributed by atoms with E-state index in [1.54, 1.807) is 11.6 Å². The van der Waals surface area contributed by atoms with Crippen molar-refractivity contribution in [3.05, 3.63) is 5.82 Å². The summed E-state index contributed by atoms with van der Waals surface area (Å²) in [5, 5.41) is 18.7. The summed E-state index contributed by atoms with van der Waals surface area (Å²) in [4.78, 5) is 8.65. The number of aryl methyl sites for hydroxylation is 1. The average Bonchev–Trinajstić information content (AvgIpc) is 3.17. The van der Waals surface area contributed by atoms with Gasteiger partial charge in [0.25, 0.3) is 0 Å². The molecule has 1 N–H and O–H groups in total. The van der Waals surface area contributed by atoms with Crippen molar-refractivity contribution in [1.29, 1.82) is 0 Å². The topological polar surface area (TPSA) is 104 Å². The van der Waals surface area contributed by atoms with Crippen LogP contribution in [0.5, 0.6) is 5.88 Å². The fourth-order valence-corrected chi connectivity index (χ4v) is 3.71. The van der Waals surface area contributed by atoms with Gasteiger partial charge < -0.3 is 19.3 Å². The Labute approximate surface area is 169 Å². The maximum Gasteiger partial charge on any atom is 0.247 e. The predicted octanol–water partition coefficient (Wildman–Crippen LogP) is 2.10. The van der Waals surface area contributed by atoms with E-state index < -0.39 is 21.8 Å². The minimum absolute atomic E-state index is 0.175. The molecule has 1 aliphatic carbocycles. The second kappa shape index (κ2) is 6.53. The number of fused-ring (bicyclic) bond motifs is 2.